The van der Waals surface area contributed by atoms with E-state index in [1.807, 2.05) is 6.07 Å². The molecule has 3 nitrogen and oxygen atoms in total. The Labute approximate surface area is 159 Å². The number of hydrogen-bond acceptors (Lipinski definition) is 3. The molecule has 2 atom stereocenters. The first kappa shape index (κ1) is 18.4. The van der Waals surface area contributed by atoms with Crippen molar-refractivity contribution in [2.75, 3.05) is 13.1 Å². The molecule has 2 fully saturated rings. The van der Waals surface area contributed by atoms with Crippen LogP contribution in [-0.2, 0) is 11.2 Å². The second kappa shape index (κ2) is 7.90. The summed E-state index contributed by atoms with van der Waals surface area (Å²) in [5, 5.41) is 8.85. The number of carbonyl (C=O) groups is 1. The van der Waals surface area contributed by atoms with Gasteiger partial charge in [0.05, 0.1) is 6.04 Å². The molecule has 1 spiro atoms. The van der Waals surface area contributed by atoms with E-state index in [1.165, 1.54) is 10.4 Å². The number of hydrogen-bond donors (Lipinski definition) is 2. The molecule has 1 saturated carbocycles. The minimum Gasteiger partial charge on any atom is -0.348 e. The van der Waals surface area contributed by atoms with Crippen LogP contribution in [0.1, 0.15) is 35.7 Å². The molecule has 2 heterocycles. The molecule has 1 amide bonds. The number of carbonyl (C=O) groups excluding carboxylic acids is 1. The molecule has 1 aliphatic carbocycles. The average molecular weight is 377 g/mol. The highest BCUT2D eigenvalue weighted by Gasteiger charge is 2.57. The molecular weight excluding hydrogens is 352 g/mol. The summed E-state index contributed by atoms with van der Waals surface area (Å²) in [6, 6.07) is 14.7. The Bertz CT molecular complexity index is 683. The minimum absolute atomic E-state index is 0. The van der Waals surface area contributed by atoms with Crippen LogP contribution in [0.3, 0.4) is 0 Å². The predicted molar refractivity (Wildman–Crippen MR) is 105 cm³/mol. The van der Waals surface area contributed by atoms with Gasteiger partial charge in [0.25, 0.3) is 0 Å². The van der Waals surface area contributed by atoms with Crippen molar-refractivity contribution in [3.05, 3.63) is 58.3 Å². The van der Waals surface area contributed by atoms with Crippen LogP contribution < -0.4 is 10.6 Å². The molecule has 1 aliphatic heterocycles. The van der Waals surface area contributed by atoms with Gasteiger partial charge in [0.2, 0.25) is 5.91 Å². The number of amides is 1. The van der Waals surface area contributed by atoms with Gasteiger partial charge < -0.3 is 10.6 Å². The minimum atomic E-state index is 0. The normalized spacial score (nSPS) is 22.0. The van der Waals surface area contributed by atoms with E-state index in [9.17, 15) is 4.79 Å². The molecule has 0 radical (unpaired) electrons. The summed E-state index contributed by atoms with van der Waals surface area (Å²) >= 11 is 1.73. The first-order valence-corrected chi connectivity index (χ1v) is 9.73. The van der Waals surface area contributed by atoms with Crippen LogP contribution in [0.15, 0.2) is 47.8 Å². The zero-order chi connectivity index (χ0) is 16.4. The smallest absolute Gasteiger partial charge is 0.224 e. The van der Waals surface area contributed by atoms with Crippen molar-refractivity contribution in [2.45, 2.75) is 31.7 Å². The van der Waals surface area contributed by atoms with Crippen molar-refractivity contribution < 1.29 is 4.79 Å². The highest BCUT2D eigenvalue weighted by molar-refractivity contribution is 7.10. The number of nitrogens with one attached hydrogen (secondary N) is 2. The Morgan fingerprint density at radius 1 is 1.20 bits per heavy atom. The summed E-state index contributed by atoms with van der Waals surface area (Å²) in [7, 11) is 0. The highest BCUT2D eigenvalue weighted by Crippen LogP contribution is 2.58. The topological polar surface area (TPSA) is 41.1 Å². The molecule has 0 bridgehead atoms. The van der Waals surface area contributed by atoms with Gasteiger partial charge in [-0.2, -0.15) is 0 Å². The molecule has 1 saturated heterocycles. The van der Waals surface area contributed by atoms with Crippen LogP contribution in [-0.4, -0.2) is 19.0 Å². The Morgan fingerprint density at radius 3 is 2.64 bits per heavy atom. The van der Waals surface area contributed by atoms with Gasteiger partial charge >= 0.3 is 0 Å². The largest absolute Gasteiger partial charge is 0.348 e. The zero-order valence-electron chi connectivity index (χ0n) is 14.2. The van der Waals surface area contributed by atoms with Crippen molar-refractivity contribution in [1.82, 2.24) is 10.6 Å². The third-order valence-corrected chi connectivity index (χ3v) is 6.58. The first-order valence-electron chi connectivity index (χ1n) is 8.85. The number of piperidine rings is 1. The number of halogens is 1. The fraction of sp³-hybridized carbons (Fsp3) is 0.450. The quantitative estimate of drug-likeness (QED) is 0.829. The lowest BCUT2D eigenvalue weighted by Gasteiger charge is -2.24. The van der Waals surface area contributed by atoms with Crippen molar-refractivity contribution in [3.8, 4) is 0 Å². The molecule has 2 N–H and O–H groups in total. The van der Waals surface area contributed by atoms with E-state index >= 15 is 0 Å². The van der Waals surface area contributed by atoms with Gasteiger partial charge in [-0.15, -0.1) is 23.7 Å². The zero-order valence-corrected chi connectivity index (χ0v) is 15.9. The maximum atomic E-state index is 12.8. The van der Waals surface area contributed by atoms with Gasteiger partial charge in [0.15, 0.2) is 0 Å². The fourth-order valence-electron chi connectivity index (χ4n) is 4.03. The molecule has 2 aromatic rings. The van der Waals surface area contributed by atoms with Gasteiger partial charge in [-0.25, -0.2) is 0 Å². The molecule has 1 aromatic carbocycles. The van der Waals surface area contributed by atoms with Gasteiger partial charge in [-0.1, -0.05) is 36.4 Å². The third kappa shape index (κ3) is 4.08. The van der Waals surface area contributed by atoms with Crippen LogP contribution >= 0.6 is 23.7 Å². The van der Waals surface area contributed by atoms with Crippen LogP contribution in [0.25, 0.3) is 0 Å². The standard InChI is InChI=1S/C20H24N2OS.ClH/c23-19(16-14-20(16)8-10-21-11-9-20)22-17(18-7-4-12-24-18)13-15-5-2-1-3-6-15;/h1-7,12,16-17,21H,8-11,13-14H2,(H,22,23);1H. The lowest BCUT2D eigenvalue weighted by Crippen LogP contribution is -2.35. The molecular formula is C20H25ClN2OS. The monoisotopic (exact) mass is 376 g/mol. The number of rotatable bonds is 5. The number of benzene rings is 1. The van der Waals surface area contributed by atoms with Crippen molar-refractivity contribution >= 4 is 29.7 Å². The third-order valence-electron chi connectivity index (χ3n) is 5.59. The van der Waals surface area contributed by atoms with Gasteiger partial charge in [-0.3, -0.25) is 4.79 Å². The van der Waals surface area contributed by atoms with E-state index in [-0.39, 0.29) is 30.3 Å². The molecule has 1 aromatic heterocycles. The Morgan fingerprint density at radius 2 is 1.96 bits per heavy atom. The lowest BCUT2D eigenvalue weighted by molar-refractivity contribution is -0.124. The molecule has 2 aliphatic rings. The summed E-state index contributed by atoms with van der Waals surface area (Å²) in [6.45, 7) is 2.12. The Balaban J connectivity index is 0.00000182. The van der Waals surface area contributed by atoms with E-state index in [0.717, 1.165) is 38.8 Å². The second-order valence-corrected chi connectivity index (χ2v) is 8.11. The fourth-order valence-corrected chi connectivity index (χ4v) is 4.81. The summed E-state index contributed by atoms with van der Waals surface area (Å²) in [6.07, 6.45) is 4.22. The van der Waals surface area contributed by atoms with E-state index < -0.39 is 0 Å². The van der Waals surface area contributed by atoms with Gasteiger partial charge in [0.1, 0.15) is 0 Å². The molecule has 4 rings (SSSR count). The molecule has 25 heavy (non-hydrogen) atoms. The van der Waals surface area contributed by atoms with Crippen molar-refractivity contribution in [3.63, 3.8) is 0 Å². The molecule has 5 heteroatoms. The predicted octanol–water partition coefficient (Wildman–Crippen LogP) is 3.96. The van der Waals surface area contributed by atoms with Crippen LogP contribution in [0, 0.1) is 11.3 Å². The summed E-state index contributed by atoms with van der Waals surface area (Å²) in [5.41, 5.74) is 1.56. The van der Waals surface area contributed by atoms with E-state index in [2.05, 4.69) is 52.4 Å². The van der Waals surface area contributed by atoms with Crippen molar-refractivity contribution in [2.24, 2.45) is 11.3 Å². The Kier molecular flexibility index (Phi) is 5.82. The first-order chi connectivity index (χ1) is 11.8. The average Bonchev–Trinajstić information content (AvgIpc) is 3.06. The summed E-state index contributed by atoms with van der Waals surface area (Å²) in [4.78, 5) is 14.1. The summed E-state index contributed by atoms with van der Waals surface area (Å²) in [5.74, 6) is 0.476. The molecule has 134 valence electrons. The van der Waals surface area contributed by atoms with Crippen LogP contribution in [0.5, 0.6) is 0 Å². The second-order valence-electron chi connectivity index (χ2n) is 7.14. The summed E-state index contributed by atoms with van der Waals surface area (Å²) < 4.78 is 0. The van der Waals surface area contributed by atoms with Gasteiger partial charge in [-0.05, 0) is 61.2 Å². The van der Waals surface area contributed by atoms with Crippen molar-refractivity contribution in [1.29, 1.82) is 0 Å². The highest BCUT2D eigenvalue weighted by atomic mass is 35.5. The maximum absolute atomic E-state index is 12.8. The van der Waals surface area contributed by atoms with Crippen LogP contribution in [0.4, 0.5) is 0 Å². The van der Waals surface area contributed by atoms with E-state index in [0.29, 0.717) is 5.41 Å². The van der Waals surface area contributed by atoms with E-state index in [4.69, 9.17) is 0 Å². The molecule has 2 unspecified atom stereocenters. The lowest BCUT2D eigenvalue weighted by atomic mass is 9.91. The van der Waals surface area contributed by atoms with E-state index in [1.54, 1.807) is 11.3 Å². The number of thiophene rings is 1. The van der Waals surface area contributed by atoms with Gasteiger partial charge in [0, 0.05) is 10.8 Å². The maximum Gasteiger partial charge on any atom is 0.224 e. The Hall–Kier alpha value is -1.36. The van der Waals surface area contributed by atoms with Crippen LogP contribution in [0.2, 0.25) is 0 Å². The SMILES string of the molecule is Cl.O=C(NC(Cc1ccccc1)c1cccs1)C1CC12CCNCC2.